The van der Waals surface area contributed by atoms with Crippen LogP contribution in [0.25, 0.3) is 16.8 Å². The predicted molar refractivity (Wildman–Crippen MR) is 112 cm³/mol. The lowest BCUT2D eigenvalue weighted by Gasteiger charge is -2.12. The Hall–Kier alpha value is -2.39. The molecule has 0 aliphatic heterocycles. The van der Waals surface area contributed by atoms with E-state index in [9.17, 15) is 4.39 Å². The summed E-state index contributed by atoms with van der Waals surface area (Å²) in [6.07, 6.45) is 12.3. The molecule has 0 amide bonds. The summed E-state index contributed by atoms with van der Waals surface area (Å²) < 4.78 is 15.6. The largest absolute Gasteiger partial charge is 0.306 e. The van der Waals surface area contributed by atoms with E-state index in [1.54, 1.807) is 18.3 Å². The molecule has 2 nitrogen and oxygen atoms in total. The summed E-state index contributed by atoms with van der Waals surface area (Å²) in [6, 6.07) is 8.95. The van der Waals surface area contributed by atoms with E-state index in [0.717, 1.165) is 40.8 Å². The number of hydrogen-bond donors (Lipinski definition) is 0. The molecule has 0 aliphatic carbocycles. The molecule has 3 rings (SSSR count). The molecular weight excluding hydrogens is 359 g/mol. The Kier molecular flexibility index (Phi) is 6.12. The van der Waals surface area contributed by atoms with Crippen LogP contribution in [0, 0.1) is 11.7 Å². The molecule has 0 N–H and O–H groups in total. The van der Waals surface area contributed by atoms with Gasteiger partial charge in [-0.25, -0.2) is 9.37 Å². The molecule has 140 valence electrons. The van der Waals surface area contributed by atoms with Crippen LogP contribution in [0.3, 0.4) is 0 Å². The molecule has 0 spiro atoms. The van der Waals surface area contributed by atoms with Crippen LogP contribution in [-0.4, -0.2) is 9.38 Å². The first-order chi connectivity index (χ1) is 13.0. The normalized spacial score (nSPS) is 14.0. The SMILES string of the molecule is CCC(C)C/C=C\C(=C(/C)c1ccc(F)c(Cl)c1)c1ccc2nccn2c1. The van der Waals surface area contributed by atoms with Gasteiger partial charge in [-0.3, -0.25) is 0 Å². The van der Waals surface area contributed by atoms with Gasteiger partial charge in [-0.05, 0) is 65.8 Å². The maximum absolute atomic E-state index is 13.6. The lowest BCUT2D eigenvalue weighted by Crippen LogP contribution is -1.93. The fourth-order valence-electron chi connectivity index (χ4n) is 2.99. The maximum Gasteiger partial charge on any atom is 0.141 e. The quantitative estimate of drug-likeness (QED) is 0.417. The highest BCUT2D eigenvalue weighted by atomic mass is 35.5. The predicted octanol–water partition coefficient (Wildman–Crippen LogP) is 7.05. The van der Waals surface area contributed by atoms with E-state index in [0.29, 0.717) is 5.92 Å². The van der Waals surface area contributed by atoms with Crippen molar-refractivity contribution < 1.29 is 4.39 Å². The van der Waals surface area contributed by atoms with Crippen LogP contribution in [-0.2, 0) is 0 Å². The average Bonchev–Trinajstić information content (AvgIpc) is 3.14. The average molecular weight is 383 g/mol. The molecule has 0 saturated heterocycles. The first-order valence-corrected chi connectivity index (χ1v) is 9.63. The fourth-order valence-corrected chi connectivity index (χ4v) is 3.17. The molecule has 0 fully saturated rings. The van der Waals surface area contributed by atoms with E-state index in [4.69, 9.17) is 11.6 Å². The van der Waals surface area contributed by atoms with Crippen LogP contribution in [0.1, 0.15) is 44.7 Å². The number of allylic oxidation sites excluding steroid dienone is 4. The van der Waals surface area contributed by atoms with Gasteiger partial charge in [0.2, 0.25) is 0 Å². The van der Waals surface area contributed by atoms with E-state index in [1.165, 1.54) is 6.07 Å². The van der Waals surface area contributed by atoms with Crippen molar-refractivity contribution in [3.63, 3.8) is 0 Å². The zero-order valence-electron chi connectivity index (χ0n) is 15.9. The number of halogens is 2. The third-order valence-corrected chi connectivity index (χ3v) is 5.27. The Morgan fingerprint density at radius 3 is 2.78 bits per heavy atom. The summed E-state index contributed by atoms with van der Waals surface area (Å²) in [5.41, 5.74) is 5.05. The molecule has 0 aliphatic rings. The summed E-state index contributed by atoms with van der Waals surface area (Å²) in [7, 11) is 0. The summed E-state index contributed by atoms with van der Waals surface area (Å²) in [5, 5.41) is 0.139. The molecular formula is C23H24ClFN2. The number of fused-ring (bicyclic) bond motifs is 1. The minimum absolute atomic E-state index is 0.139. The van der Waals surface area contributed by atoms with Crippen LogP contribution < -0.4 is 0 Å². The van der Waals surface area contributed by atoms with Gasteiger partial charge in [0.05, 0.1) is 5.02 Å². The summed E-state index contributed by atoms with van der Waals surface area (Å²) in [6.45, 7) is 6.50. The Balaban J connectivity index is 2.08. The van der Waals surface area contributed by atoms with Gasteiger partial charge >= 0.3 is 0 Å². The molecule has 1 atom stereocenters. The lowest BCUT2D eigenvalue weighted by atomic mass is 9.95. The Bertz CT molecular complexity index is 1000. The topological polar surface area (TPSA) is 17.3 Å². The highest BCUT2D eigenvalue weighted by Gasteiger charge is 2.09. The van der Waals surface area contributed by atoms with E-state index >= 15 is 0 Å². The Morgan fingerprint density at radius 2 is 2.04 bits per heavy atom. The highest BCUT2D eigenvalue weighted by Crippen LogP contribution is 2.30. The number of nitrogens with zero attached hydrogens (tertiary/aromatic N) is 2. The number of imidazole rings is 1. The van der Waals surface area contributed by atoms with Gasteiger partial charge < -0.3 is 4.40 Å². The number of hydrogen-bond acceptors (Lipinski definition) is 1. The fraction of sp³-hybridized carbons (Fsp3) is 0.261. The van der Waals surface area contributed by atoms with Gasteiger partial charge in [-0.15, -0.1) is 0 Å². The van der Waals surface area contributed by atoms with Crippen molar-refractivity contribution in [1.82, 2.24) is 9.38 Å². The molecule has 2 aromatic heterocycles. The van der Waals surface area contributed by atoms with Crippen molar-refractivity contribution in [2.45, 2.75) is 33.6 Å². The minimum atomic E-state index is -0.401. The first-order valence-electron chi connectivity index (χ1n) is 9.25. The Labute approximate surface area is 165 Å². The van der Waals surface area contributed by atoms with Gasteiger partial charge in [-0.1, -0.05) is 50.1 Å². The monoisotopic (exact) mass is 382 g/mol. The number of rotatable bonds is 6. The van der Waals surface area contributed by atoms with Crippen molar-refractivity contribution in [2.75, 3.05) is 0 Å². The number of benzene rings is 1. The van der Waals surface area contributed by atoms with Gasteiger partial charge in [0.15, 0.2) is 0 Å². The highest BCUT2D eigenvalue weighted by molar-refractivity contribution is 6.31. The van der Waals surface area contributed by atoms with Gasteiger partial charge in [-0.2, -0.15) is 0 Å². The third-order valence-electron chi connectivity index (χ3n) is 4.98. The van der Waals surface area contributed by atoms with Crippen molar-refractivity contribution in [3.05, 3.63) is 83.0 Å². The molecule has 4 heteroatoms. The molecule has 0 radical (unpaired) electrons. The molecule has 2 heterocycles. The van der Waals surface area contributed by atoms with Gasteiger partial charge in [0.25, 0.3) is 0 Å². The molecule has 1 unspecified atom stereocenters. The standard InChI is InChI=1S/C23H24ClFN2/c1-4-16(2)6-5-7-20(17(3)18-8-10-22(25)21(24)14-18)19-9-11-23-26-12-13-27(23)15-19/h5,7-16H,4,6H2,1-3H3/b7-5-,20-17-. The lowest BCUT2D eigenvalue weighted by molar-refractivity contribution is 0.572. The van der Waals surface area contributed by atoms with Crippen LogP contribution in [0.15, 0.2) is 61.1 Å². The molecule has 27 heavy (non-hydrogen) atoms. The third kappa shape index (κ3) is 4.48. The second kappa shape index (κ2) is 8.53. The molecule has 3 aromatic rings. The zero-order valence-corrected chi connectivity index (χ0v) is 16.7. The number of pyridine rings is 1. The van der Waals surface area contributed by atoms with Gasteiger partial charge in [0.1, 0.15) is 11.5 Å². The first kappa shape index (κ1) is 19.4. The van der Waals surface area contributed by atoms with E-state index < -0.39 is 5.82 Å². The molecule has 1 aromatic carbocycles. The van der Waals surface area contributed by atoms with E-state index in [-0.39, 0.29) is 5.02 Å². The number of aromatic nitrogens is 2. The van der Waals surface area contributed by atoms with Gasteiger partial charge in [0, 0.05) is 18.6 Å². The van der Waals surface area contributed by atoms with Crippen LogP contribution >= 0.6 is 11.6 Å². The summed E-state index contributed by atoms with van der Waals surface area (Å²) in [5.74, 6) is 0.237. The van der Waals surface area contributed by atoms with E-state index in [1.807, 2.05) is 23.6 Å². The second-order valence-electron chi connectivity index (χ2n) is 6.93. The van der Waals surface area contributed by atoms with Crippen molar-refractivity contribution in [1.29, 1.82) is 0 Å². The second-order valence-corrected chi connectivity index (χ2v) is 7.34. The minimum Gasteiger partial charge on any atom is -0.306 e. The van der Waals surface area contributed by atoms with Crippen LogP contribution in [0.4, 0.5) is 4.39 Å². The molecule has 0 bridgehead atoms. The Morgan fingerprint density at radius 1 is 1.26 bits per heavy atom. The smallest absolute Gasteiger partial charge is 0.141 e. The van der Waals surface area contributed by atoms with Crippen LogP contribution in [0.2, 0.25) is 5.02 Å². The maximum atomic E-state index is 13.6. The van der Waals surface area contributed by atoms with E-state index in [2.05, 4.69) is 43.2 Å². The zero-order chi connectivity index (χ0) is 19.4. The van der Waals surface area contributed by atoms with Crippen molar-refractivity contribution in [2.24, 2.45) is 5.92 Å². The summed E-state index contributed by atoms with van der Waals surface area (Å²) in [4.78, 5) is 4.31. The summed E-state index contributed by atoms with van der Waals surface area (Å²) >= 11 is 6.01. The molecule has 0 saturated carbocycles. The van der Waals surface area contributed by atoms with Crippen molar-refractivity contribution in [3.8, 4) is 0 Å². The van der Waals surface area contributed by atoms with Crippen molar-refractivity contribution >= 4 is 28.4 Å². The van der Waals surface area contributed by atoms with Crippen LogP contribution in [0.5, 0.6) is 0 Å².